The van der Waals surface area contributed by atoms with Crippen molar-refractivity contribution in [3.63, 3.8) is 0 Å². The molecule has 0 spiro atoms. The SMILES string of the molecule is CNC(C)c1nc(-c2ccc(Oc3ccccc3)cc2)cs1. The van der Waals surface area contributed by atoms with Crippen molar-refractivity contribution >= 4 is 11.3 Å². The van der Waals surface area contributed by atoms with E-state index >= 15 is 0 Å². The minimum absolute atomic E-state index is 0.277. The van der Waals surface area contributed by atoms with Crippen LogP contribution in [-0.2, 0) is 0 Å². The molecular weight excluding hydrogens is 292 g/mol. The van der Waals surface area contributed by atoms with Gasteiger partial charge in [0.05, 0.1) is 11.7 Å². The van der Waals surface area contributed by atoms with E-state index in [0.717, 1.165) is 27.8 Å². The van der Waals surface area contributed by atoms with Crippen LogP contribution in [0.25, 0.3) is 11.3 Å². The first-order valence-electron chi connectivity index (χ1n) is 7.22. The zero-order valence-corrected chi connectivity index (χ0v) is 13.4. The predicted molar refractivity (Wildman–Crippen MR) is 91.5 cm³/mol. The van der Waals surface area contributed by atoms with E-state index in [-0.39, 0.29) is 6.04 Å². The van der Waals surface area contributed by atoms with Gasteiger partial charge in [0.2, 0.25) is 0 Å². The number of nitrogens with zero attached hydrogens (tertiary/aromatic N) is 1. The smallest absolute Gasteiger partial charge is 0.127 e. The Hall–Kier alpha value is -2.17. The first kappa shape index (κ1) is 14.8. The highest BCUT2D eigenvalue weighted by Crippen LogP contribution is 2.28. The third-order valence-electron chi connectivity index (χ3n) is 3.45. The number of hydrogen-bond donors (Lipinski definition) is 1. The van der Waals surface area contributed by atoms with Crippen LogP contribution in [0.5, 0.6) is 11.5 Å². The Morgan fingerprint density at radius 1 is 1.00 bits per heavy atom. The van der Waals surface area contributed by atoms with E-state index in [1.165, 1.54) is 0 Å². The third kappa shape index (κ3) is 3.35. The highest BCUT2D eigenvalue weighted by atomic mass is 32.1. The molecular formula is C18H18N2OS. The van der Waals surface area contributed by atoms with Crippen molar-refractivity contribution in [1.82, 2.24) is 10.3 Å². The summed E-state index contributed by atoms with van der Waals surface area (Å²) in [6.45, 7) is 2.11. The molecule has 3 rings (SSSR count). The lowest BCUT2D eigenvalue weighted by atomic mass is 10.2. The van der Waals surface area contributed by atoms with Gasteiger partial charge >= 0.3 is 0 Å². The summed E-state index contributed by atoms with van der Waals surface area (Å²) < 4.78 is 5.80. The summed E-state index contributed by atoms with van der Waals surface area (Å²) in [6.07, 6.45) is 0. The zero-order chi connectivity index (χ0) is 15.4. The standard InChI is InChI=1S/C18H18N2OS/c1-13(19-2)18-20-17(12-22-18)14-8-10-16(11-9-14)21-15-6-4-3-5-7-15/h3-13,19H,1-2H3. The number of thiazole rings is 1. The molecule has 3 nitrogen and oxygen atoms in total. The quantitative estimate of drug-likeness (QED) is 0.729. The van der Waals surface area contributed by atoms with Gasteiger partial charge in [0.1, 0.15) is 16.5 Å². The van der Waals surface area contributed by atoms with Crippen LogP contribution >= 0.6 is 11.3 Å². The average molecular weight is 310 g/mol. The Morgan fingerprint density at radius 3 is 2.36 bits per heavy atom. The molecule has 0 amide bonds. The van der Waals surface area contributed by atoms with E-state index in [9.17, 15) is 0 Å². The van der Waals surface area contributed by atoms with Gasteiger partial charge in [-0.25, -0.2) is 4.98 Å². The number of hydrogen-bond acceptors (Lipinski definition) is 4. The normalized spacial score (nSPS) is 12.1. The van der Waals surface area contributed by atoms with E-state index in [4.69, 9.17) is 4.74 Å². The Labute approximate surface area is 134 Å². The Bertz CT molecular complexity index is 722. The van der Waals surface area contributed by atoms with Gasteiger partial charge in [-0.3, -0.25) is 0 Å². The monoisotopic (exact) mass is 310 g/mol. The molecule has 1 atom stereocenters. The van der Waals surface area contributed by atoms with Crippen molar-refractivity contribution in [3.8, 4) is 22.8 Å². The van der Waals surface area contributed by atoms with Crippen LogP contribution in [0.4, 0.5) is 0 Å². The molecule has 1 N–H and O–H groups in total. The number of aromatic nitrogens is 1. The number of para-hydroxylation sites is 1. The second-order valence-electron chi connectivity index (χ2n) is 5.02. The molecule has 0 aliphatic rings. The fourth-order valence-corrected chi connectivity index (χ4v) is 2.96. The van der Waals surface area contributed by atoms with Crippen LogP contribution < -0.4 is 10.1 Å². The number of benzene rings is 2. The molecule has 3 aromatic rings. The van der Waals surface area contributed by atoms with Crippen molar-refractivity contribution < 1.29 is 4.74 Å². The van der Waals surface area contributed by atoms with Crippen LogP contribution in [-0.4, -0.2) is 12.0 Å². The van der Waals surface area contributed by atoms with Crippen LogP contribution in [0, 0.1) is 0 Å². The zero-order valence-electron chi connectivity index (χ0n) is 12.6. The largest absolute Gasteiger partial charge is 0.457 e. The minimum Gasteiger partial charge on any atom is -0.457 e. The minimum atomic E-state index is 0.277. The fraction of sp³-hybridized carbons (Fsp3) is 0.167. The molecule has 22 heavy (non-hydrogen) atoms. The van der Waals surface area contributed by atoms with Gasteiger partial charge in [-0.2, -0.15) is 0 Å². The summed E-state index contributed by atoms with van der Waals surface area (Å²) in [6, 6.07) is 18.1. The molecule has 0 bridgehead atoms. The van der Waals surface area contributed by atoms with Crippen molar-refractivity contribution in [2.75, 3.05) is 7.05 Å². The molecule has 0 aliphatic heterocycles. The fourth-order valence-electron chi connectivity index (χ4n) is 2.06. The second kappa shape index (κ2) is 6.73. The number of rotatable bonds is 5. The van der Waals surface area contributed by atoms with E-state index in [0.29, 0.717) is 0 Å². The summed E-state index contributed by atoms with van der Waals surface area (Å²) in [5.74, 6) is 1.67. The van der Waals surface area contributed by atoms with E-state index in [1.807, 2.05) is 61.6 Å². The molecule has 0 aliphatic carbocycles. The molecule has 0 saturated heterocycles. The molecule has 0 fully saturated rings. The Balaban J connectivity index is 1.75. The lowest BCUT2D eigenvalue weighted by molar-refractivity contribution is 0.483. The molecule has 1 unspecified atom stereocenters. The highest BCUT2D eigenvalue weighted by Gasteiger charge is 2.09. The summed E-state index contributed by atoms with van der Waals surface area (Å²) >= 11 is 1.68. The molecule has 0 radical (unpaired) electrons. The summed E-state index contributed by atoms with van der Waals surface area (Å²) in [5.41, 5.74) is 2.11. The van der Waals surface area contributed by atoms with Crippen LogP contribution in [0.15, 0.2) is 60.0 Å². The van der Waals surface area contributed by atoms with Crippen molar-refractivity contribution in [1.29, 1.82) is 0 Å². The van der Waals surface area contributed by atoms with Crippen LogP contribution in [0.2, 0.25) is 0 Å². The van der Waals surface area contributed by atoms with Crippen molar-refractivity contribution in [2.45, 2.75) is 13.0 Å². The van der Waals surface area contributed by atoms with Crippen LogP contribution in [0.1, 0.15) is 18.0 Å². The first-order chi connectivity index (χ1) is 10.8. The molecule has 4 heteroatoms. The lowest BCUT2D eigenvalue weighted by Crippen LogP contribution is -2.11. The van der Waals surface area contributed by atoms with Crippen molar-refractivity contribution in [3.05, 3.63) is 65.0 Å². The molecule has 1 aromatic heterocycles. The average Bonchev–Trinajstić information content (AvgIpc) is 3.06. The lowest BCUT2D eigenvalue weighted by Gasteiger charge is -2.06. The summed E-state index contributed by atoms with van der Waals surface area (Å²) in [5, 5.41) is 6.40. The van der Waals surface area contributed by atoms with Gasteiger partial charge in [-0.15, -0.1) is 11.3 Å². The van der Waals surface area contributed by atoms with Gasteiger partial charge in [0, 0.05) is 10.9 Å². The van der Waals surface area contributed by atoms with Crippen LogP contribution in [0.3, 0.4) is 0 Å². The predicted octanol–water partition coefficient (Wildman–Crippen LogP) is 4.88. The maximum atomic E-state index is 5.80. The van der Waals surface area contributed by atoms with E-state index < -0.39 is 0 Å². The van der Waals surface area contributed by atoms with E-state index in [2.05, 4.69) is 22.6 Å². The van der Waals surface area contributed by atoms with Gasteiger partial charge in [-0.1, -0.05) is 18.2 Å². The van der Waals surface area contributed by atoms with Gasteiger partial charge in [0.15, 0.2) is 0 Å². The third-order valence-corrected chi connectivity index (χ3v) is 4.48. The van der Waals surface area contributed by atoms with Gasteiger partial charge < -0.3 is 10.1 Å². The molecule has 1 heterocycles. The highest BCUT2D eigenvalue weighted by molar-refractivity contribution is 7.10. The topological polar surface area (TPSA) is 34.2 Å². The van der Waals surface area contributed by atoms with Gasteiger partial charge in [0.25, 0.3) is 0 Å². The van der Waals surface area contributed by atoms with Crippen molar-refractivity contribution in [2.24, 2.45) is 0 Å². The molecule has 2 aromatic carbocycles. The second-order valence-corrected chi connectivity index (χ2v) is 5.91. The maximum absolute atomic E-state index is 5.80. The van der Waals surface area contributed by atoms with Gasteiger partial charge in [-0.05, 0) is 50.4 Å². The Kier molecular flexibility index (Phi) is 4.51. The number of ether oxygens (including phenoxy) is 1. The Morgan fingerprint density at radius 2 is 1.68 bits per heavy atom. The molecule has 0 saturated carbocycles. The molecule has 112 valence electrons. The first-order valence-corrected chi connectivity index (χ1v) is 8.10. The number of nitrogens with one attached hydrogen (secondary N) is 1. The maximum Gasteiger partial charge on any atom is 0.127 e. The summed E-state index contributed by atoms with van der Waals surface area (Å²) in [7, 11) is 1.95. The van der Waals surface area contributed by atoms with E-state index in [1.54, 1.807) is 11.3 Å². The summed E-state index contributed by atoms with van der Waals surface area (Å²) in [4.78, 5) is 4.68.